The predicted octanol–water partition coefficient (Wildman–Crippen LogP) is 2.92. The molecule has 24 heavy (non-hydrogen) atoms. The van der Waals surface area contributed by atoms with Crippen molar-refractivity contribution in [2.24, 2.45) is 0 Å². The van der Waals surface area contributed by atoms with Crippen LogP contribution in [-0.2, 0) is 6.18 Å². The van der Waals surface area contributed by atoms with Crippen molar-refractivity contribution in [2.45, 2.75) is 50.4 Å². The van der Waals surface area contributed by atoms with Crippen LogP contribution >= 0.6 is 0 Å². The highest BCUT2D eigenvalue weighted by Gasteiger charge is 2.31. The van der Waals surface area contributed by atoms with Gasteiger partial charge in [-0.15, -0.1) is 0 Å². The number of urea groups is 1. The summed E-state index contributed by atoms with van der Waals surface area (Å²) in [6.07, 6.45) is 1.59. The van der Waals surface area contributed by atoms with Gasteiger partial charge in [0.2, 0.25) is 0 Å². The summed E-state index contributed by atoms with van der Waals surface area (Å²) in [6, 6.07) is 2.50. The van der Waals surface area contributed by atoms with Gasteiger partial charge >= 0.3 is 12.2 Å². The van der Waals surface area contributed by atoms with Gasteiger partial charge in [-0.1, -0.05) is 12.8 Å². The number of hydrogen-bond acceptors (Lipinski definition) is 3. The van der Waals surface area contributed by atoms with Crippen molar-refractivity contribution in [1.29, 1.82) is 0 Å². The van der Waals surface area contributed by atoms with Crippen LogP contribution in [0.4, 0.5) is 23.8 Å². The molecule has 2 amide bonds. The fourth-order valence-electron chi connectivity index (χ4n) is 3.31. The molecule has 8 heteroatoms. The van der Waals surface area contributed by atoms with Gasteiger partial charge in [-0.25, -0.2) is 9.78 Å². The standard InChI is InChI=1S/C16H21F3N4O/c17-16(18,19)11-5-6-14(20-9-11)23-8-7-13(10-23)22-15(24)21-12-3-1-2-4-12/h5-6,9,12-13H,1-4,7-8,10H2,(H2,21,22,24). The average molecular weight is 342 g/mol. The van der Waals surface area contributed by atoms with Gasteiger partial charge in [0.25, 0.3) is 0 Å². The number of rotatable bonds is 3. The van der Waals surface area contributed by atoms with Crippen molar-refractivity contribution in [3.05, 3.63) is 23.9 Å². The van der Waals surface area contributed by atoms with Crippen LogP contribution in [0.25, 0.3) is 0 Å². The molecule has 1 saturated heterocycles. The summed E-state index contributed by atoms with van der Waals surface area (Å²) in [5, 5.41) is 5.92. The number of hydrogen-bond donors (Lipinski definition) is 2. The molecule has 2 N–H and O–H groups in total. The molecule has 1 aromatic heterocycles. The number of halogens is 3. The van der Waals surface area contributed by atoms with Crippen LogP contribution in [0.5, 0.6) is 0 Å². The van der Waals surface area contributed by atoms with E-state index in [4.69, 9.17) is 0 Å². The van der Waals surface area contributed by atoms with Crippen molar-refractivity contribution >= 4 is 11.8 Å². The lowest BCUT2D eigenvalue weighted by atomic mass is 10.2. The maximum absolute atomic E-state index is 12.6. The Kier molecular flexibility index (Phi) is 4.82. The monoisotopic (exact) mass is 342 g/mol. The van der Waals surface area contributed by atoms with E-state index in [-0.39, 0.29) is 18.1 Å². The molecule has 1 saturated carbocycles. The second-order valence-corrected chi connectivity index (χ2v) is 6.43. The number of anilines is 1. The van der Waals surface area contributed by atoms with E-state index in [0.29, 0.717) is 18.9 Å². The van der Waals surface area contributed by atoms with Gasteiger partial charge in [0.1, 0.15) is 5.82 Å². The van der Waals surface area contributed by atoms with E-state index in [2.05, 4.69) is 15.6 Å². The van der Waals surface area contributed by atoms with Crippen LogP contribution in [0, 0.1) is 0 Å². The zero-order valence-electron chi connectivity index (χ0n) is 13.3. The first-order valence-electron chi connectivity index (χ1n) is 8.27. The van der Waals surface area contributed by atoms with Crippen LogP contribution in [0.15, 0.2) is 18.3 Å². The average Bonchev–Trinajstić information content (AvgIpc) is 3.18. The van der Waals surface area contributed by atoms with Crippen molar-refractivity contribution in [1.82, 2.24) is 15.6 Å². The molecule has 0 aromatic carbocycles. The van der Waals surface area contributed by atoms with Crippen LogP contribution in [-0.4, -0.2) is 36.2 Å². The summed E-state index contributed by atoms with van der Waals surface area (Å²) in [7, 11) is 0. The Balaban J connectivity index is 1.50. The van der Waals surface area contributed by atoms with Crippen molar-refractivity contribution in [3.8, 4) is 0 Å². The van der Waals surface area contributed by atoms with Gasteiger partial charge in [0, 0.05) is 31.4 Å². The van der Waals surface area contributed by atoms with Gasteiger partial charge in [-0.2, -0.15) is 13.2 Å². The van der Waals surface area contributed by atoms with E-state index >= 15 is 0 Å². The van der Waals surface area contributed by atoms with Gasteiger partial charge in [-0.3, -0.25) is 0 Å². The Bertz CT molecular complexity index is 570. The molecule has 0 radical (unpaired) electrons. The minimum Gasteiger partial charge on any atom is -0.354 e. The summed E-state index contributed by atoms with van der Waals surface area (Å²) in [5.74, 6) is 0.503. The van der Waals surface area contributed by atoms with Gasteiger partial charge in [-0.05, 0) is 31.4 Å². The van der Waals surface area contributed by atoms with E-state index in [1.54, 1.807) is 0 Å². The molecule has 0 bridgehead atoms. The second kappa shape index (κ2) is 6.86. The lowest BCUT2D eigenvalue weighted by molar-refractivity contribution is -0.137. The molecule has 1 aliphatic heterocycles. The number of nitrogens with one attached hydrogen (secondary N) is 2. The normalized spacial score (nSPS) is 22.0. The van der Waals surface area contributed by atoms with Crippen molar-refractivity contribution in [2.75, 3.05) is 18.0 Å². The Morgan fingerprint density at radius 1 is 1.12 bits per heavy atom. The summed E-state index contributed by atoms with van der Waals surface area (Å²) < 4.78 is 37.7. The first-order valence-corrected chi connectivity index (χ1v) is 8.27. The number of carbonyl (C=O) groups is 1. The minimum absolute atomic E-state index is 0.0181. The third-order valence-corrected chi connectivity index (χ3v) is 4.61. The maximum atomic E-state index is 12.6. The molecule has 132 valence electrons. The van der Waals surface area contributed by atoms with Crippen LogP contribution in [0.3, 0.4) is 0 Å². The molecule has 3 rings (SSSR count). The molecule has 2 fully saturated rings. The van der Waals surface area contributed by atoms with E-state index in [1.807, 2.05) is 4.90 Å². The molecule has 2 heterocycles. The topological polar surface area (TPSA) is 57.3 Å². The van der Waals surface area contributed by atoms with E-state index in [9.17, 15) is 18.0 Å². The molecule has 0 spiro atoms. The fraction of sp³-hybridized carbons (Fsp3) is 0.625. The first kappa shape index (κ1) is 16.9. The number of carbonyl (C=O) groups excluding carboxylic acids is 1. The summed E-state index contributed by atoms with van der Waals surface area (Å²) in [4.78, 5) is 17.8. The zero-order valence-corrected chi connectivity index (χ0v) is 13.3. The lowest BCUT2D eigenvalue weighted by Gasteiger charge is -2.19. The molecule has 1 unspecified atom stereocenters. The van der Waals surface area contributed by atoms with Crippen molar-refractivity contribution in [3.63, 3.8) is 0 Å². The smallest absolute Gasteiger partial charge is 0.354 e. The molecule has 1 aromatic rings. The Morgan fingerprint density at radius 3 is 2.46 bits per heavy atom. The number of alkyl halides is 3. The van der Waals surface area contributed by atoms with Crippen LogP contribution < -0.4 is 15.5 Å². The Labute approximate surface area is 138 Å². The van der Waals surface area contributed by atoms with Gasteiger partial charge in [0.15, 0.2) is 0 Å². The van der Waals surface area contributed by atoms with E-state index < -0.39 is 11.7 Å². The number of amides is 2. The molecule has 2 aliphatic rings. The van der Waals surface area contributed by atoms with Gasteiger partial charge < -0.3 is 15.5 Å². The van der Waals surface area contributed by atoms with Gasteiger partial charge in [0.05, 0.1) is 5.56 Å². The molecule has 1 aliphatic carbocycles. The quantitative estimate of drug-likeness (QED) is 0.888. The highest BCUT2D eigenvalue weighted by atomic mass is 19.4. The summed E-state index contributed by atoms with van der Waals surface area (Å²) in [5.41, 5.74) is -0.754. The first-order chi connectivity index (χ1) is 11.4. The SMILES string of the molecule is O=C(NC1CCCC1)NC1CCN(c2ccc(C(F)(F)F)cn2)C1. The third-order valence-electron chi connectivity index (χ3n) is 4.61. The highest BCUT2D eigenvalue weighted by Crippen LogP contribution is 2.29. The third kappa shape index (κ3) is 4.10. The Hall–Kier alpha value is -1.99. The molecular weight excluding hydrogens is 321 g/mol. The summed E-state index contributed by atoms with van der Waals surface area (Å²) >= 11 is 0. The zero-order chi connectivity index (χ0) is 17.2. The molecule has 5 nitrogen and oxygen atoms in total. The largest absolute Gasteiger partial charge is 0.417 e. The van der Waals surface area contributed by atoms with Crippen molar-refractivity contribution < 1.29 is 18.0 Å². The van der Waals surface area contributed by atoms with Crippen LogP contribution in [0.1, 0.15) is 37.7 Å². The maximum Gasteiger partial charge on any atom is 0.417 e. The lowest BCUT2D eigenvalue weighted by Crippen LogP contribution is -2.46. The molecule has 1 atom stereocenters. The van der Waals surface area contributed by atoms with Crippen LogP contribution in [0.2, 0.25) is 0 Å². The highest BCUT2D eigenvalue weighted by molar-refractivity contribution is 5.74. The number of nitrogens with zero attached hydrogens (tertiary/aromatic N) is 2. The molecular formula is C16H21F3N4O. The van der Waals surface area contributed by atoms with E-state index in [1.165, 1.54) is 6.07 Å². The van der Waals surface area contributed by atoms with E-state index in [0.717, 1.165) is 44.4 Å². The summed E-state index contributed by atoms with van der Waals surface area (Å²) in [6.45, 7) is 1.21. The minimum atomic E-state index is -4.38. The Morgan fingerprint density at radius 2 is 1.83 bits per heavy atom. The second-order valence-electron chi connectivity index (χ2n) is 6.43. The number of aromatic nitrogens is 1. The predicted molar refractivity (Wildman–Crippen MR) is 83.8 cm³/mol. The number of pyridine rings is 1. The fourth-order valence-corrected chi connectivity index (χ4v) is 3.31.